The Morgan fingerprint density at radius 1 is 0.550 bits per heavy atom. The van der Waals surface area contributed by atoms with Crippen LogP contribution in [0.1, 0.15) is 142 Å². The fraction of sp³-hybridized carbons (Fsp3) is 0.611. The zero-order chi connectivity index (χ0) is 30.3. The van der Waals surface area contributed by atoms with Gasteiger partial charge in [-0.25, -0.2) is 0 Å². The van der Waals surface area contributed by atoms with E-state index in [0.717, 1.165) is 47.9 Å². The molecule has 0 aliphatic heterocycles. The van der Waals surface area contributed by atoms with Gasteiger partial charge in [0, 0.05) is 34.7 Å². The fourth-order valence-corrected chi connectivity index (χ4v) is 5.31. The van der Waals surface area contributed by atoms with Crippen LogP contribution in [0, 0.1) is 0 Å². The summed E-state index contributed by atoms with van der Waals surface area (Å²) >= 11 is 0. The molecule has 0 spiro atoms. The quantitative estimate of drug-likeness (QED) is 0.376. The van der Waals surface area contributed by atoms with Crippen molar-refractivity contribution in [3.8, 4) is 11.5 Å². The minimum atomic E-state index is -0.179. The number of aliphatic imine (C=N–C) groups is 2. The van der Waals surface area contributed by atoms with Gasteiger partial charge in [-0.15, -0.1) is 0 Å². The standard InChI is InChI=1S/C36H54N2O2/c1-33(2,3)25-17-23(31(39)27(19-25)35(7,8)9)21-37-29-15-13-14-16-30(29)38-22-24-18-26(34(4,5)6)20-28(32(24)40)36(10,11)12/h17-22,29-30,39-40H,13-16H2,1-12H3/t29-,30+. The average Bonchev–Trinajstić information content (AvgIpc) is 2.80. The van der Waals surface area contributed by atoms with E-state index >= 15 is 0 Å². The van der Waals surface area contributed by atoms with E-state index < -0.39 is 0 Å². The van der Waals surface area contributed by atoms with Crippen molar-refractivity contribution >= 4 is 12.4 Å². The van der Waals surface area contributed by atoms with Crippen LogP contribution >= 0.6 is 0 Å². The molecule has 0 radical (unpaired) electrons. The third kappa shape index (κ3) is 7.56. The second-order valence-electron chi connectivity index (χ2n) is 15.9. The fourth-order valence-electron chi connectivity index (χ4n) is 5.31. The Labute approximate surface area is 244 Å². The predicted octanol–water partition coefficient (Wildman–Crippen LogP) is 9.14. The number of phenols is 2. The highest BCUT2D eigenvalue weighted by atomic mass is 16.3. The van der Waals surface area contributed by atoms with E-state index in [1.54, 1.807) is 0 Å². The molecule has 4 nitrogen and oxygen atoms in total. The van der Waals surface area contributed by atoms with Crippen LogP contribution in [0.5, 0.6) is 11.5 Å². The monoisotopic (exact) mass is 546 g/mol. The zero-order valence-corrected chi connectivity index (χ0v) is 27.2. The van der Waals surface area contributed by atoms with Crippen molar-refractivity contribution in [1.82, 2.24) is 0 Å². The Morgan fingerprint density at radius 2 is 0.875 bits per heavy atom. The molecule has 1 fully saturated rings. The van der Waals surface area contributed by atoms with Crippen molar-refractivity contribution in [2.24, 2.45) is 9.98 Å². The normalized spacial score (nSPS) is 19.6. The van der Waals surface area contributed by atoms with Gasteiger partial charge in [-0.05, 0) is 57.8 Å². The third-order valence-electron chi connectivity index (χ3n) is 8.13. The van der Waals surface area contributed by atoms with Gasteiger partial charge in [0.25, 0.3) is 0 Å². The number of hydrogen-bond acceptors (Lipinski definition) is 4. The van der Waals surface area contributed by atoms with E-state index in [1.165, 1.54) is 11.1 Å². The van der Waals surface area contributed by atoms with Crippen molar-refractivity contribution in [2.45, 2.75) is 143 Å². The maximum Gasteiger partial charge on any atom is 0.128 e. The van der Waals surface area contributed by atoms with Crippen molar-refractivity contribution < 1.29 is 10.2 Å². The maximum atomic E-state index is 11.2. The van der Waals surface area contributed by atoms with Gasteiger partial charge >= 0.3 is 0 Å². The lowest BCUT2D eigenvalue weighted by Crippen LogP contribution is -2.27. The largest absolute Gasteiger partial charge is 0.507 e. The Kier molecular flexibility index (Phi) is 9.04. The first-order valence-corrected chi connectivity index (χ1v) is 15.0. The van der Waals surface area contributed by atoms with Crippen LogP contribution in [-0.2, 0) is 21.7 Å². The molecule has 1 aliphatic carbocycles. The van der Waals surface area contributed by atoms with Gasteiger partial charge in [0.2, 0.25) is 0 Å². The van der Waals surface area contributed by atoms with E-state index in [4.69, 9.17) is 9.98 Å². The van der Waals surface area contributed by atoms with E-state index in [-0.39, 0.29) is 33.7 Å². The number of hydrogen-bond donors (Lipinski definition) is 2. The maximum absolute atomic E-state index is 11.2. The van der Waals surface area contributed by atoms with Crippen LogP contribution in [0.15, 0.2) is 34.3 Å². The molecule has 0 heterocycles. The number of phenolic OH excluding ortho intramolecular Hbond substituents is 2. The highest BCUT2D eigenvalue weighted by Crippen LogP contribution is 2.39. The Bertz CT molecular complexity index is 1160. The number of nitrogens with zero attached hydrogens (tertiary/aromatic N) is 2. The first kappa shape index (κ1) is 31.9. The first-order chi connectivity index (χ1) is 18.2. The minimum Gasteiger partial charge on any atom is -0.507 e. The van der Waals surface area contributed by atoms with Crippen LogP contribution < -0.4 is 0 Å². The molecule has 40 heavy (non-hydrogen) atoms. The van der Waals surface area contributed by atoms with Gasteiger partial charge in [-0.2, -0.15) is 0 Å². The number of rotatable bonds is 4. The predicted molar refractivity (Wildman–Crippen MR) is 172 cm³/mol. The topological polar surface area (TPSA) is 65.2 Å². The lowest BCUT2D eigenvalue weighted by molar-refractivity contribution is 0.389. The molecule has 4 heteroatoms. The van der Waals surface area contributed by atoms with Gasteiger partial charge in [0.05, 0.1) is 12.1 Å². The molecule has 0 aromatic heterocycles. The summed E-state index contributed by atoms with van der Waals surface area (Å²) in [6.07, 6.45) is 7.90. The Hall–Kier alpha value is -2.62. The van der Waals surface area contributed by atoms with E-state index in [0.29, 0.717) is 11.5 Å². The summed E-state index contributed by atoms with van der Waals surface area (Å²) < 4.78 is 0. The van der Waals surface area contributed by atoms with E-state index in [1.807, 2.05) is 12.4 Å². The van der Waals surface area contributed by atoms with Crippen LogP contribution in [-0.4, -0.2) is 34.7 Å². The van der Waals surface area contributed by atoms with Gasteiger partial charge in [0.1, 0.15) is 11.5 Å². The molecule has 1 aliphatic rings. The molecular formula is C36H54N2O2. The second-order valence-corrected chi connectivity index (χ2v) is 15.9. The minimum absolute atomic E-state index is 0.0378. The summed E-state index contributed by atoms with van der Waals surface area (Å²) in [5.74, 6) is 0.637. The molecule has 2 aromatic carbocycles. The van der Waals surface area contributed by atoms with Crippen LogP contribution in [0.4, 0.5) is 0 Å². The zero-order valence-electron chi connectivity index (χ0n) is 27.2. The molecule has 1 saturated carbocycles. The van der Waals surface area contributed by atoms with Crippen molar-refractivity contribution in [2.75, 3.05) is 0 Å². The summed E-state index contributed by atoms with van der Waals surface area (Å²) in [5, 5.41) is 22.5. The smallest absolute Gasteiger partial charge is 0.128 e. The molecule has 3 rings (SSSR count). The summed E-state index contributed by atoms with van der Waals surface area (Å²) in [5.41, 5.74) is 5.39. The lowest BCUT2D eigenvalue weighted by Gasteiger charge is -2.28. The first-order valence-electron chi connectivity index (χ1n) is 15.0. The lowest BCUT2D eigenvalue weighted by atomic mass is 9.79. The highest BCUT2D eigenvalue weighted by Gasteiger charge is 2.28. The molecule has 2 N–H and O–H groups in total. The number of benzene rings is 2. The van der Waals surface area contributed by atoms with Gasteiger partial charge in [-0.1, -0.05) is 108 Å². The summed E-state index contributed by atoms with van der Waals surface area (Å²) in [6.45, 7) is 26.0. The Balaban J connectivity index is 2.00. The van der Waals surface area contributed by atoms with Gasteiger partial charge in [-0.3, -0.25) is 9.98 Å². The summed E-state index contributed by atoms with van der Waals surface area (Å²) in [6, 6.07) is 8.53. The molecule has 220 valence electrons. The van der Waals surface area contributed by atoms with Crippen LogP contribution in [0.2, 0.25) is 0 Å². The SMILES string of the molecule is CC(C)(C)c1cc(C=N[C@H]2CCCC[C@H]2N=Cc2cc(C(C)(C)C)cc(C(C)(C)C)c2O)c(O)c(C(C)(C)C)c1. The Morgan fingerprint density at radius 3 is 1.15 bits per heavy atom. The number of aromatic hydroxyl groups is 2. The van der Waals surface area contributed by atoms with Crippen molar-refractivity contribution in [3.05, 3.63) is 57.6 Å². The molecule has 2 atom stereocenters. The second kappa shape index (κ2) is 11.3. The molecule has 0 saturated heterocycles. The van der Waals surface area contributed by atoms with Crippen LogP contribution in [0.25, 0.3) is 0 Å². The van der Waals surface area contributed by atoms with E-state index in [9.17, 15) is 10.2 Å². The summed E-state index contributed by atoms with van der Waals surface area (Å²) in [4.78, 5) is 10.1. The third-order valence-corrected chi connectivity index (χ3v) is 8.13. The van der Waals surface area contributed by atoms with Gasteiger partial charge in [0.15, 0.2) is 0 Å². The van der Waals surface area contributed by atoms with Gasteiger partial charge < -0.3 is 10.2 Å². The molecule has 2 aromatic rings. The molecule has 0 amide bonds. The summed E-state index contributed by atoms with van der Waals surface area (Å²) in [7, 11) is 0. The molecule has 0 unspecified atom stereocenters. The average molecular weight is 547 g/mol. The van der Waals surface area contributed by atoms with Crippen molar-refractivity contribution in [3.63, 3.8) is 0 Å². The van der Waals surface area contributed by atoms with E-state index in [2.05, 4.69) is 107 Å². The molecule has 0 bridgehead atoms. The van der Waals surface area contributed by atoms with Crippen molar-refractivity contribution in [1.29, 1.82) is 0 Å². The van der Waals surface area contributed by atoms with Crippen LogP contribution in [0.3, 0.4) is 0 Å². The highest BCUT2D eigenvalue weighted by molar-refractivity contribution is 5.86. The molecular weight excluding hydrogens is 492 g/mol.